The fourth-order valence-corrected chi connectivity index (χ4v) is 5.50. The van der Waals surface area contributed by atoms with Crippen LogP contribution < -0.4 is 14.4 Å². The summed E-state index contributed by atoms with van der Waals surface area (Å²) < 4.78 is 45.3. The van der Waals surface area contributed by atoms with Gasteiger partial charge in [0.2, 0.25) is 21.8 Å². The number of ether oxygens (including phenoxy) is 1. The van der Waals surface area contributed by atoms with Crippen molar-refractivity contribution in [1.29, 1.82) is 0 Å². The predicted octanol–water partition coefficient (Wildman–Crippen LogP) is 4.94. The van der Waals surface area contributed by atoms with E-state index in [4.69, 9.17) is 4.74 Å². The first-order chi connectivity index (χ1) is 20.0. The topological polar surface area (TPSA) is 96.0 Å². The van der Waals surface area contributed by atoms with E-state index in [9.17, 15) is 22.4 Å². The number of sulfonamides is 1. The summed E-state index contributed by atoms with van der Waals surface area (Å²) >= 11 is 0. The molecule has 2 amide bonds. The Hall–Kier alpha value is -3.92. The molecule has 0 fully saturated rings. The minimum Gasteiger partial charge on any atom is -0.497 e. The van der Waals surface area contributed by atoms with Gasteiger partial charge >= 0.3 is 0 Å². The summed E-state index contributed by atoms with van der Waals surface area (Å²) in [4.78, 5) is 29.0. The van der Waals surface area contributed by atoms with E-state index < -0.39 is 21.9 Å². The smallest absolute Gasteiger partial charge is 0.243 e. The van der Waals surface area contributed by atoms with Gasteiger partial charge in [-0.05, 0) is 67.3 Å². The zero-order valence-electron chi connectivity index (χ0n) is 24.6. The molecule has 2 atom stereocenters. The standard InChI is InChI=1S/C32H40FN3O5S/c1-5-24(2)34-32(38)30(22-25-10-7-6-8-11-25)35(23-26-13-15-27(33)16-14-26)31(37)12-9-21-36(42(4,39)40)28-17-19-29(41-3)20-18-28/h6-8,10-11,13-20,24,30H,5,9,12,21-23H2,1-4H3,(H,34,38)/t24-,30-/m0/s1. The maximum atomic E-state index is 13.8. The first kappa shape index (κ1) is 32.6. The van der Waals surface area contributed by atoms with E-state index in [1.807, 2.05) is 44.2 Å². The summed E-state index contributed by atoms with van der Waals surface area (Å²) in [6.07, 6.45) is 2.36. The maximum absolute atomic E-state index is 13.8. The molecule has 42 heavy (non-hydrogen) atoms. The molecule has 3 aromatic carbocycles. The van der Waals surface area contributed by atoms with E-state index in [-0.39, 0.29) is 50.2 Å². The lowest BCUT2D eigenvalue weighted by molar-refractivity contribution is -0.141. The molecule has 0 saturated carbocycles. The van der Waals surface area contributed by atoms with Gasteiger partial charge in [-0.1, -0.05) is 49.4 Å². The Kier molecular flexibility index (Phi) is 11.9. The van der Waals surface area contributed by atoms with Crippen molar-refractivity contribution in [1.82, 2.24) is 10.2 Å². The van der Waals surface area contributed by atoms with Crippen LogP contribution in [0.15, 0.2) is 78.9 Å². The molecule has 10 heteroatoms. The normalized spacial score (nSPS) is 12.7. The van der Waals surface area contributed by atoms with E-state index >= 15 is 0 Å². The molecule has 0 radical (unpaired) electrons. The summed E-state index contributed by atoms with van der Waals surface area (Å²) in [5.41, 5.74) is 2.03. The van der Waals surface area contributed by atoms with Crippen LogP contribution in [0.5, 0.6) is 5.75 Å². The molecule has 0 saturated heterocycles. The Morgan fingerprint density at radius 3 is 2.17 bits per heavy atom. The highest BCUT2D eigenvalue weighted by Crippen LogP contribution is 2.23. The third-order valence-electron chi connectivity index (χ3n) is 7.05. The molecular formula is C32H40FN3O5S. The Bertz CT molecular complexity index is 1400. The molecule has 0 aliphatic rings. The third-order valence-corrected chi connectivity index (χ3v) is 8.24. The lowest BCUT2D eigenvalue weighted by atomic mass is 10.0. The van der Waals surface area contributed by atoms with Crippen LogP contribution in [0.4, 0.5) is 10.1 Å². The van der Waals surface area contributed by atoms with E-state index in [1.165, 1.54) is 28.4 Å². The van der Waals surface area contributed by atoms with Gasteiger partial charge in [0.05, 0.1) is 19.1 Å². The number of halogens is 1. The second-order valence-electron chi connectivity index (χ2n) is 10.3. The molecule has 1 N–H and O–H groups in total. The first-order valence-electron chi connectivity index (χ1n) is 14.0. The number of hydrogen-bond acceptors (Lipinski definition) is 5. The Morgan fingerprint density at radius 1 is 0.952 bits per heavy atom. The zero-order chi connectivity index (χ0) is 30.7. The molecular weight excluding hydrogens is 557 g/mol. The summed E-state index contributed by atoms with van der Waals surface area (Å²) in [7, 11) is -2.10. The predicted molar refractivity (Wildman–Crippen MR) is 163 cm³/mol. The van der Waals surface area contributed by atoms with Gasteiger partial charge in [0.25, 0.3) is 0 Å². The average Bonchev–Trinajstić information content (AvgIpc) is 2.97. The van der Waals surface area contributed by atoms with Crippen molar-refractivity contribution >= 4 is 27.5 Å². The van der Waals surface area contributed by atoms with Crippen LogP contribution in [0.25, 0.3) is 0 Å². The van der Waals surface area contributed by atoms with Crippen molar-refractivity contribution in [2.45, 2.75) is 58.2 Å². The molecule has 0 aromatic heterocycles. The van der Waals surface area contributed by atoms with Gasteiger partial charge < -0.3 is 15.0 Å². The van der Waals surface area contributed by atoms with E-state index in [0.717, 1.165) is 18.2 Å². The molecule has 3 aromatic rings. The van der Waals surface area contributed by atoms with Gasteiger partial charge in [0, 0.05) is 32.0 Å². The lowest BCUT2D eigenvalue weighted by Gasteiger charge is -2.32. The van der Waals surface area contributed by atoms with Crippen LogP contribution in [-0.4, -0.2) is 57.1 Å². The van der Waals surface area contributed by atoms with Gasteiger partial charge in [0.15, 0.2) is 0 Å². The Labute approximate surface area is 248 Å². The van der Waals surface area contributed by atoms with E-state index in [1.54, 1.807) is 36.4 Å². The largest absolute Gasteiger partial charge is 0.497 e. The number of nitrogens with one attached hydrogen (secondary N) is 1. The van der Waals surface area contributed by atoms with Crippen molar-refractivity contribution in [2.75, 3.05) is 24.2 Å². The van der Waals surface area contributed by atoms with Crippen molar-refractivity contribution < 1.29 is 27.1 Å². The van der Waals surface area contributed by atoms with Gasteiger partial charge in [-0.2, -0.15) is 0 Å². The monoisotopic (exact) mass is 597 g/mol. The molecule has 0 aliphatic carbocycles. The van der Waals surface area contributed by atoms with Crippen molar-refractivity contribution in [2.24, 2.45) is 0 Å². The van der Waals surface area contributed by atoms with Crippen molar-refractivity contribution in [3.8, 4) is 5.75 Å². The molecule has 0 bridgehead atoms. The van der Waals surface area contributed by atoms with Crippen LogP contribution in [-0.2, 0) is 32.6 Å². The molecule has 0 aliphatic heterocycles. The number of methoxy groups -OCH3 is 1. The van der Waals surface area contributed by atoms with Crippen molar-refractivity contribution in [3.05, 3.63) is 95.8 Å². The third kappa shape index (κ3) is 9.58. The summed E-state index contributed by atoms with van der Waals surface area (Å²) in [6, 6.07) is 21.0. The summed E-state index contributed by atoms with van der Waals surface area (Å²) in [5.74, 6) is -0.382. The van der Waals surface area contributed by atoms with Gasteiger partial charge in [-0.3, -0.25) is 13.9 Å². The molecule has 0 spiro atoms. The quantitative estimate of drug-likeness (QED) is 0.268. The van der Waals surface area contributed by atoms with Crippen LogP contribution in [0.1, 0.15) is 44.2 Å². The molecule has 0 heterocycles. The minimum absolute atomic E-state index is 0.00523. The van der Waals surface area contributed by atoms with Gasteiger partial charge in [0.1, 0.15) is 17.6 Å². The van der Waals surface area contributed by atoms with E-state index in [2.05, 4.69) is 5.32 Å². The molecule has 3 rings (SSSR count). The second-order valence-corrected chi connectivity index (χ2v) is 12.2. The minimum atomic E-state index is -3.63. The number of benzene rings is 3. The number of carbonyl (C=O) groups is 2. The van der Waals surface area contributed by atoms with Gasteiger partial charge in [-0.25, -0.2) is 12.8 Å². The fourth-order valence-electron chi connectivity index (χ4n) is 4.53. The number of hydrogen-bond donors (Lipinski definition) is 1. The number of carbonyl (C=O) groups excluding carboxylic acids is 2. The fraction of sp³-hybridized carbons (Fsp3) is 0.375. The highest BCUT2D eigenvalue weighted by atomic mass is 32.2. The van der Waals surface area contributed by atoms with Gasteiger partial charge in [-0.15, -0.1) is 0 Å². The lowest BCUT2D eigenvalue weighted by Crippen LogP contribution is -2.52. The number of anilines is 1. The maximum Gasteiger partial charge on any atom is 0.243 e. The first-order valence-corrected chi connectivity index (χ1v) is 15.9. The molecule has 226 valence electrons. The average molecular weight is 598 g/mol. The number of amides is 2. The van der Waals surface area contributed by atoms with E-state index in [0.29, 0.717) is 17.0 Å². The van der Waals surface area contributed by atoms with Crippen LogP contribution >= 0.6 is 0 Å². The van der Waals surface area contributed by atoms with Crippen LogP contribution in [0, 0.1) is 5.82 Å². The highest BCUT2D eigenvalue weighted by Gasteiger charge is 2.31. The zero-order valence-corrected chi connectivity index (χ0v) is 25.4. The Morgan fingerprint density at radius 2 is 1.60 bits per heavy atom. The number of nitrogens with zero attached hydrogens (tertiary/aromatic N) is 2. The summed E-state index contributed by atoms with van der Waals surface area (Å²) in [5, 5.41) is 3.01. The molecule has 0 unspecified atom stereocenters. The second kappa shape index (κ2) is 15.3. The summed E-state index contributed by atoms with van der Waals surface area (Å²) in [6.45, 7) is 4.04. The van der Waals surface area contributed by atoms with Crippen LogP contribution in [0.2, 0.25) is 0 Å². The van der Waals surface area contributed by atoms with Crippen LogP contribution in [0.3, 0.4) is 0 Å². The number of rotatable bonds is 15. The Balaban J connectivity index is 1.87. The molecule has 8 nitrogen and oxygen atoms in total. The highest BCUT2D eigenvalue weighted by molar-refractivity contribution is 7.92. The van der Waals surface area contributed by atoms with Crippen molar-refractivity contribution in [3.63, 3.8) is 0 Å². The SMILES string of the molecule is CC[C@H](C)NC(=O)[C@H](Cc1ccccc1)N(Cc1ccc(F)cc1)C(=O)CCCN(c1ccc(OC)cc1)S(C)(=O)=O.